The maximum Gasteiger partial charge on any atom is 0.224 e. The van der Waals surface area contributed by atoms with E-state index in [-0.39, 0.29) is 5.91 Å². The molecule has 0 aliphatic heterocycles. The second kappa shape index (κ2) is 6.29. The zero-order valence-corrected chi connectivity index (χ0v) is 13.6. The van der Waals surface area contributed by atoms with Crippen molar-refractivity contribution in [3.8, 4) is 5.69 Å². The number of aromatic amines is 1. The summed E-state index contributed by atoms with van der Waals surface area (Å²) in [6.45, 7) is 0.366. The molecule has 3 heterocycles. The van der Waals surface area contributed by atoms with E-state index < -0.39 is 0 Å². The van der Waals surface area contributed by atoms with Gasteiger partial charge in [0.15, 0.2) is 0 Å². The van der Waals surface area contributed by atoms with Crippen molar-refractivity contribution >= 4 is 28.1 Å². The largest absolute Gasteiger partial charge is 0.361 e. The third kappa shape index (κ3) is 2.93. The normalized spacial score (nSPS) is 11.0. The van der Waals surface area contributed by atoms with Crippen LogP contribution < -0.4 is 5.32 Å². The number of fused-ring (bicyclic) bond motifs is 1. The molecule has 0 aliphatic rings. The number of H-pyrrole nitrogens is 1. The standard InChI is InChI=1S/C17H15N5OS/c23-17(7-12-8-18-16-4-2-1-3-15(12)16)19-9-13-10-22(21-20-13)14-5-6-24-11-14/h1-6,8,10-11,18H,7,9H2,(H,19,23). The number of thiophene rings is 1. The van der Waals surface area contributed by atoms with Crippen molar-refractivity contribution in [3.05, 3.63) is 64.7 Å². The molecular formula is C17H15N5OS. The van der Waals surface area contributed by atoms with E-state index in [2.05, 4.69) is 20.6 Å². The van der Waals surface area contributed by atoms with Crippen LogP contribution in [0.15, 0.2) is 53.5 Å². The van der Waals surface area contributed by atoms with E-state index in [9.17, 15) is 4.79 Å². The Morgan fingerprint density at radius 2 is 2.21 bits per heavy atom. The summed E-state index contributed by atoms with van der Waals surface area (Å²) < 4.78 is 1.71. The summed E-state index contributed by atoms with van der Waals surface area (Å²) in [5, 5.41) is 16.1. The van der Waals surface area contributed by atoms with Crippen LogP contribution in [0.5, 0.6) is 0 Å². The lowest BCUT2D eigenvalue weighted by Crippen LogP contribution is -2.24. The van der Waals surface area contributed by atoms with Gasteiger partial charge in [0, 0.05) is 22.5 Å². The lowest BCUT2D eigenvalue weighted by atomic mass is 10.1. The minimum atomic E-state index is -0.0372. The van der Waals surface area contributed by atoms with Crippen molar-refractivity contribution in [3.63, 3.8) is 0 Å². The lowest BCUT2D eigenvalue weighted by Gasteiger charge is -2.02. The third-order valence-electron chi connectivity index (χ3n) is 3.80. The number of amides is 1. The van der Waals surface area contributed by atoms with Crippen molar-refractivity contribution in [2.45, 2.75) is 13.0 Å². The maximum absolute atomic E-state index is 12.2. The molecule has 0 aliphatic carbocycles. The molecule has 0 spiro atoms. The first-order valence-corrected chi connectivity index (χ1v) is 8.49. The Hall–Kier alpha value is -2.93. The van der Waals surface area contributed by atoms with E-state index in [1.54, 1.807) is 16.0 Å². The molecule has 0 atom stereocenters. The number of carbonyl (C=O) groups excluding carboxylic acids is 1. The lowest BCUT2D eigenvalue weighted by molar-refractivity contribution is -0.120. The van der Waals surface area contributed by atoms with E-state index >= 15 is 0 Å². The van der Waals surface area contributed by atoms with Crippen molar-refractivity contribution in [2.24, 2.45) is 0 Å². The van der Waals surface area contributed by atoms with Crippen LogP contribution in [-0.2, 0) is 17.8 Å². The molecule has 0 bridgehead atoms. The molecule has 1 aromatic carbocycles. The highest BCUT2D eigenvalue weighted by Crippen LogP contribution is 2.18. The van der Waals surface area contributed by atoms with Gasteiger partial charge in [-0.1, -0.05) is 23.4 Å². The first kappa shape index (κ1) is 14.6. The van der Waals surface area contributed by atoms with Crippen molar-refractivity contribution in [2.75, 3.05) is 0 Å². The Bertz CT molecular complexity index is 970. The van der Waals surface area contributed by atoms with Gasteiger partial charge in [-0.15, -0.1) is 5.10 Å². The molecule has 0 saturated heterocycles. The van der Waals surface area contributed by atoms with Gasteiger partial charge in [0.2, 0.25) is 5.91 Å². The molecule has 0 radical (unpaired) electrons. The van der Waals surface area contributed by atoms with E-state index in [1.165, 1.54) is 0 Å². The number of para-hydroxylation sites is 1. The number of nitrogens with zero attached hydrogens (tertiary/aromatic N) is 3. The van der Waals surface area contributed by atoms with Gasteiger partial charge in [-0.2, -0.15) is 11.3 Å². The minimum absolute atomic E-state index is 0.0372. The number of hydrogen-bond donors (Lipinski definition) is 2. The molecule has 6 nitrogen and oxygen atoms in total. The zero-order valence-electron chi connectivity index (χ0n) is 12.8. The molecular weight excluding hydrogens is 322 g/mol. The molecule has 4 aromatic rings. The summed E-state index contributed by atoms with van der Waals surface area (Å²) in [5.41, 5.74) is 3.74. The Morgan fingerprint density at radius 1 is 1.29 bits per heavy atom. The molecule has 24 heavy (non-hydrogen) atoms. The fourth-order valence-electron chi connectivity index (χ4n) is 2.60. The molecule has 2 N–H and O–H groups in total. The number of carbonyl (C=O) groups is 1. The van der Waals surface area contributed by atoms with Gasteiger partial charge in [0.05, 0.1) is 24.8 Å². The van der Waals surface area contributed by atoms with Crippen LogP contribution in [0.3, 0.4) is 0 Å². The highest BCUT2D eigenvalue weighted by atomic mass is 32.1. The molecule has 3 aromatic heterocycles. The number of nitrogens with one attached hydrogen (secondary N) is 2. The van der Waals surface area contributed by atoms with Gasteiger partial charge >= 0.3 is 0 Å². The maximum atomic E-state index is 12.2. The number of hydrogen-bond acceptors (Lipinski definition) is 4. The van der Waals surface area contributed by atoms with Crippen LogP contribution in [0.25, 0.3) is 16.6 Å². The highest BCUT2D eigenvalue weighted by molar-refractivity contribution is 7.08. The Balaban J connectivity index is 1.38. The van der Waals surface area contributed by atoms with Gasteiger partial charge in [-0.25, -0.2) is 4.68 Å². The molecule has 0 saturated carbocycles. The molecule has 0 unspecified atom stereocenters. The van der Waals surface area contributed by atoms with Crippen LogP contribution in [0.2, 0.25) is 0 Å². The van der Waals surface area contributed by atoms with Crippen molar-refractivity contribution < 1.29 is 4.79 Å². The molecule has 120 valence electrons. The van der Waals surface area contributed by atoms with E-state index in [0.29, 0.717) is 13.0 Å². The summed E-state index contributed by atoms with van der Waals surface area (Å²) in [6, 6.07) is 9.93. The van der Waals surface area contributed by atoms with Crippen LogP contribution in [0.4, 0.5) is 0 Å². The predicted octanol–water partition coefficient (Wildman–Crippen LogP) is 2.67. The monoisotopic (exact) mass is 337 g/mol. The number of rotatable bonds is 5. The van der Waals surface area contributed by atoms with E-state index in [1.807, 2.05) is 53.5 Å². The van der Waals surface area contributed by atoms with Crippen molar-refractivity contribution in [1.29, 1.82) is 0 Å². The Kier molecular flexibility index (Phi) is 3.84. The molecule has 7 heteroatoms. The Morgan fingerprint density at radius 3 is 3.08 bits per heavy atom. The van der Waals surface area contributed by atoms with Crippen LogP contribution >= 0.6 is 11.3 Å². The minimum Gasteiger partial charge on any atom is -0.361 e. The summed E-state index contributed by atoms with van der Waals surface area (Å²) in [4.78, 5) is 15.4. The van der Waals surface area contributed by atoms with Crippen LogP contribution in [0.1, 0.15) is 11.3 Å². The zero-order chi connectivity index (χ0) is 16.4. The first-order valence-electron chi connectivity index (χ1n) is 7.55. The van der Waals surface area contributed by atoms with Gasteiger partial charge in [-0.3, -0.25) is 4.79 Å². The van der Waals surface area contributed by atoms with Gasteiger partial charge < -0.3 is 10.3 Å². The molecule has 4 rings (SSSR count). The average Bonchev–Trinajstić information content (AvgIpc) is 3.34. The van der Waals surface area contributed by atoms with E-state index in [4.69, 9.17) is 0 Å². The fourth-order valence-corrected chi connectivity index (χ4v) is 3.22. The number of aromatic nitrogens is 4. The Labute approximate surface area is 142 Å². The highest BCUT2D eigenvalue weighted by Gasteiger charge is 2.09. The topological polar surface area (TPSA) is 75.6 Å². The molecule has 0 fully saturated rings. The average molecular weight is 337 g/mol. The first-order chi connectivity index (χ1) is 11.8. The summed E-state index contributed by atoms with van der Waals surface area (Å²) in [6.07, 6.45) is 4.05. The van der Waals surface area contributed by atoms with Crippen LogP contribution in [-0.4, -0.2) is 25.9 Å². The van der Waals surface area contributed by atoms with Gasteiger partial charge in [0.1, 0.15) is 5.69 Å². The third-order valence-corrected chi connectivity index (χ3v) is 4.47. The smallest absolute Gasteiger partial charge is 0.224 e. The second-order valence-electron chi connectivity index (χ2n) is 5.45. The SMILES string of the molecule is O=C(Cc1c[nH]c2ccccc12)NCc1cn(-c2ccsc2)nn1. The predicted molar refractivity (Wildman–Crippen MR) is 93.1 cm³/mol. The summed E-state index contributed by atoms with van der Waals surface area (Å²) in [5.74, 6) is -0.0372. The van der Waals surface area contributed by atoms with Crippen LogP contribution in [0, 0.1) is 0 Å². The van der Waals surface area contributed by atoms with Gasteiger partial charge in [-0.05, 0) is 23.1 Å². The second-order valence-corrected chi connectivity index (χ2v) is 6.23. The summed E-state index contributed by atoms with van der Waals surface area (Å²) in [7, 11) is 0. The summed E-state index contributed by atoms with van der Waals surface area (Å²) >= 11 is 1.60. The number of benzene rings is 1. The quantitative estimate of drug-likeness (QED) is 0.588. The molecule has 1 amide bonds. The van der Waals surface area contributed by atoms with E-state index in [0.717, 1.165) is 27.8 Å². The van der Waals surface area contributed by atoms with Crippen molar-refractivity contribution in [1.82, 2.24) is 25.3 Å². The van der Waals surface area contributed by atoms with Gasteiger partial charge in [0.25, 0.3) is 0 Å². The fraction of sp³-hybridized carbons (Fsp3) is 0.118.